The highest BCUT2D eigenvalue weighted by molar-refractivity contribution is 6.05. The van der Waals surface area contributed by atoms with Crippen LogP contribution >= 0.6 is 0 Å². The lowest BCUT2D eigenvalue weighted by atomic mass is 9.89. The Morgan fingerprint density at radius 2 is 1.82 bits per heavy atom. The van der Waals surface area contributed by atoms with E-state index in [2.05, 4.69) is 16.0 Å². The van der Waals surface area contributed by atoms with Gasteiger partial charge >= 0.3 is 6.18 Å². The second-order valence-electron chi connectivity index (χ2n) is 6.32. The highest BCUT2D eigenvalue weighted by Crippen LogP contribution is 2.38. The molecule has 1 aliphatic rings. The lowest BCUT2D eigenvalue weighted by Crippen LogP contribution is -2.31. The zero-order chi connectivity index (χ0) is 20.5. The van der Waals surface area contributed by atoms with Gasteiger partial charge in [-0.15, -0.1) is 0 Å². The summed E-state index contributed by atoms with van der Waals surface area (Å²) in [7, 11) is 0. The van der Waals surface area contributed by atoms with Crippen molar-refractivity contribution in [1.82, 2.24) is 0 Å². The van der Waals surface area contributed by atoms with Gasteiger partial charge in [-0.2, -0.15) is 13.2 Å². The van der Waals surface area contributed by atoms with Gasteiger partial charge in [0.2, 0.25) is 17.7 Å². The molecule has 0 aliphatic carbocycles. The summed E-state index contributed by atoms with van der Waals surface area (Å²) < 4.78 is 40.3. The molecule has 0 saturated carbocycles. The summed E-state index contributed by atoms with van der Waals surface area (Å²) in [4.78, 5) is 35.6. The minimum atomic E-state index is -4.75. The number of halogens is 3. The Morgan fingerprint density at radius 3 is 2.50 bits per heavy atom. The normalized spacial score (nSPS) is 16.0. The average molecular weight is 391 g/mol. The fourth-order valence-corrected chi connectivity index (χ4v) is 3.03. The molecule has 3 rings (SSSR count). The fourth-order valence-electron chi connectivity index (χ4n) is 3.03. The van der Waals surface area contributed by atoms with Gasteiger partial charge in [-0.05, 0) is 29.8 Å². The number of alkyl halides is 3. The number of rotatable bonds is 3. The van der Waals surface area contributed by atoms with E-state index in [0.717, 1.165) is 12.1 Å². The third-order valence-electron chi connectivity index (χ3n) is 4.22. The number of benzene rings is 2. The Labute approximate surface area is 158 Å². The number of hydrogen-bond acceptors (Lipinski definition) is 3. The first-order valence-electron chi connectivity index (χ1n) is 8.33. The average Bonchev–Trinajstić information content (AvgIpc) is 2.60. The third-order valence-corrected chi connectivity index (χ3v) is 4.22. The van der Waals surface area contributed by atoms with E-state index < -0.39 is 41.1 Å². The topological polar surface area (TPSA) is 87.3 Å². The molecule has 146 valence electrons. The van der Waals surface area contributed by atoms with Gasteiger partial charge in [-0.1, -0.05) is 18.2 Å². The van der Waals surface area contributed by atoms with Crippen molar-refractivity contribution in [2.45, 2.75) is 25.4 Å². The molecule has 3 N–H and O–H groups in total. The molecule has 2 aromatic rings. The number of anilines is 3. The largest absolute Gasteiger partial charge is 0.418 e. The molecule has 1 aliphatic heterocycles. The lowest BCUT2D eigenvalue weighted by Gasteiger charge is -2.25. The summed E-state index contributed by atoms with van der Waals surface area (Å²) in [6.07, 6.45) is -4.92. The number of para-hydroxylation sites is 1. The van der Waals surface area contributed by atoms with Crippen LogP contribution in [0.2, 0.25) is 0 Å². The van der Waals surface area contributed by atoms with Crippen LogP contribution in [0.15, 0.2) is 42.5 Å². The van der Waals surface area contributed by atoms with Gasteiger partial charge < -0.3 is 16.0 Å². The molecule has 0 radical (unpaired) electrons. The number of amides is 3. The smallest absolute Gasteiger partial charge is 0.326 e. The zero-order valence-electron chi connectivity index (χ0n) is 14.7. The van der Waals surface area contributed by atoms with E-state index in [1.54, 1.807) is 24.3 Å². The van der Waals surface area contributed by atoms with Crippen LogP contribution < -0.4 is 16.0 Å². The molecule has 0 saturated heterocycles. The Bertz CT molecular complexity index is 957. The SMILES string of the molecule is CC(=O)Nc1ccc(NC(=O)C2CC(=O)Nc3ccccc32)c(C(F)(F)F)c1. The van der Waals surface area contributed by atoms with Crippen molar-refractivity contribution in [3.8, 4) is 0 Å². The summed E-state index contributed by atoms with van der Waals surface area (Å²) in [5.74, 6) is -2.55. The first-order chi connectivity index (χ1) is 13.1. The van der Waals surface area contributed by atoms with Crippen LogP contribution in [0.1, 0.15) is 30.4 Å². The fraction of sp³-hybridized carbons (Fsp3) is 0.211. The molecule has 28 heavy (non-hydrogen) atoms. The molecule has 0 bridgehead atoms. The monoisotopic (exact) mass is 391 g/mol. The molecule has 9 heteroatoms. The van der Waals surface area contributed by atoms with Gasteiger partial charge in [0.1, 0.15) is 0 Å². The van der Waals surface area contributed by atoms with Crippen molar-refractivity contribution in [1.29, 1.82) is 0 Å². The van der Waals surface area contributed by atoms with Crippen molar-refractivity contribution >= 4 is 34.8 Å². The van der Waals surface area contributed by atoms with Gasteiger partial charge in [-0.25, -0.2) is 0 Å². The van der Waals surface area contributed by atoms with Crippen molar-refractivity contribution in [3.63, 3.8) is 0 Å². The van der Waals surface area contributed by atoms with Crippen LogP contribution in [0, 0.1) is 0 Å². The zero-order valence-corrected chi connectivity index (χ0v) is 14.7. The number of nitrogens with one attached hydrogen (secondary N) is 3. The molecule has 0 aromatic heterocycles. The highest BCUT2D eigenvalue weighted by atomic mass is 19.4. The maximum absolute atomic E-state index is 13.4. The molecule has 1 heterocycles. The van der Waals surface area contributed by atoms with Crippen molar-refractivity contribution in [2.75, 3.05) is 16.0 Å². The predicted octanol–water partition coefficient (Wildman–Crippen LogP) is 3.73. The number of hydrogen-bond donors (Lipinski definition) is 3. The van der Waals surface area contributed by atoms with E-state index in [0.29, 0.717) is 11.3 Å². The van der Waals surface area contributed by atoms with Crippen LogP contribution in [0.5, 0.6) is 0 Å². The summed E-state index contributed by atoms with van der Waals surface area (Å²) in [6.45, 7) is 1.18. The van der Waals surface area contributed by atoms with Crippen LogP contribution in [-0.4, -0.2) is 17.7 Å². The minimum absolute atomic E-state index is 0.0415. The van der Waals surface area contributed by atoms with Gasteiger partial charge in [0.15, 0.2) is 0 Å². The van der Waals surface area contributed by atoms with E-state index in [-0.39, 0.29) is 12.1 Å². The molecule has 0 fully saturated rings. The van der Waals surface area contributed by atoms with Crippen LogP contribution in [0.25, 0.3) is 0 Å². The van der Waals surface area contributed by atoms with Crippen LogP contribution in [0.3, 0.4) is 0 Å². The van der Waals surface area contributed by atoms with E-state index in [1.165, 1.54) is 13.0 Å². The summed E-state index contributed by atoms with van der Waals surface area (Å²) in [5, 5.41) is 7.18. The Kier molecular flexibility index (Phi) is 5.08. The molecule has 3 amide bonds. The van der Waals surface area contributed by atoms with E-state index >= 15 is 0 Å². The second-order valence-corrected chi connectivity index (χ2v) is 6.32. The van der Waals surface area contributed by atoms with Gasteiger partial charge in [-0.3, -0.25) is 14.4 Å². The predicted molar refractivity (Wildman–Crippen MR) is 96.8 cm³/mol. The van der Waals surface area contributed by atoms with Gasteiger partial charge in [0.25, 0.3) is 0 Å². The standard InChI is InChI=1S/C19H16F3N3O3/c1-10(26)23-11-6-7-16(14(8-11)19(20,21)22)25-18(28)13-9-17(27)24-15-5-3-2-4-12(13)15/h2-8,13H,9H2,1H3,(H,23,26)(H,24,27)(H,25,28). The molecule has 0 spiro atoms. The van der Waals surface area contributed by atoms with Crippen molar-refractivity contribution in [3.05, 3.63) is 53.6 Å². The first-order valence-corrected chi connectivity index (χ1v) is 8.33. The van der Waals surface area contributed by atoms with Crippen LogP contribution in [-0.2, 0) is 20.6 Å². The van der Waals surface area contributed by atoms with Crippen molar-refractivity contribution in [2.24, 2.45) is 0 Å². The maximum atomic E-state index is 13.4. The molecule has 1 unspecified atom stereocenters. The van der Waals surface area contributed by atoms with E-state index in [9.17, 15) is 27.6 Å². The minimum Gasteiger partial charge on any atom is -0.326 e. The first kappa shape index (κ1) is 19.4. The highest BCUT2D eigenvalue weighted by Gasteiger charge is 2.36. The Morgan fingerprint density at radius 1 is 1.11 bits per heavy atom. The lowest BCUT2D eigenvalue weighted by molar-refractivity contribution is -0.137. The van der Waals surface area contributed by atoms with Crippen LogP contribution in [0.4, 0.5) is 30.2 Å². The van der Waals surface area contributed by atoms with Gasteiger partial charge in [0, 0.05) is 24.7 Å². The Balaban J connectivity index is 1.92. The number of fused-ring (bicyclic) bond motifs is 1. The second kappa shape index (κ2) is 7.34. The summed E-state index contributed by atoms with van der Waals surface area (Å²) in [6, 6.07) is 9.70. The molecule has 1 atom stereocenters. The molecular formula is C19H16F3N3O3. The van der Waals surface area contributed by atoms with Crippen molar-refractivity contribution < 1.29 is 27.6 Å². The number of carbonyl (C=O) groups is 3. The maximum Gasteiger partial charge on any atom is 0.418 e. The Hall–Kier alpha value is -3.36. The third kappa shape index (κ3) is 4.13. The summed E-state index contributed by atoms with van der Waals surface area (Å²) in [5.41, 5.74) is -0.602. The number of carbonyl (C=O) groups excluding carboxylic acids is 3. The quantitative estimate of drug-likeness (QED) is 0.745. The molecule has 2 aromatic carbocycles. The van der Waals surface area contributed by atoms with E-state index in [1.807, 2.05) is 0 Å². The molecular weight excluding hydrogens is 375 g/mol. The van der Waals surface area contributed by atoms with E-state index in [4.69, 9.17) is 0 Å². The van der Waals surface area contributed by atoms with Gasteiger partial charge in [0.05, 0.1) is 17.2 Å². The molecule has 6 nitrogen and oxygen atoms in total. The summed E-state index contributed by atoms with van der Waals surface area (Å²) >= 11 is 0.